The fourth-order valence-electron chi connectivity index (χ4n) is 2.91. The first-order valence-electron chi connectivity index (χ1n) is 8.15. The molecule has 0 radical (unpaired) electrons. The van der Waals surface area contributed by atoms with Crippen molar-refractivity contribution in [3.63, 3.8) is 0 Å². The van der Waals surface area contributed by atoms with E-state index in [0.717, 1.165) is 32.1 Å². The highest BCUT2D eigenvalue weighted by Crippen LogP contribution is 2.23. The molecule has 0 amide bonds. The monoisotopic (exact) mass is 312 g/mol. The van der Waals surface area contributed by atoms with Crippen LogP contribution >= 0.6 is 0 Å². The molecule has 0 spiro atoms. The number of benzene rings is 2. The van der Waals surface area contributed by atoms with Crippen molar-refractivity contribution >= 4 is 0 Å². The molecule has 4 nitrogen and oxygen atoms in total. The summed E-state index contributed by atoms with van der Waals surface area (Å²) in [6.07, 6.45) is 0. The molecule has 0 unspecified atom stereocenters. The molecule has 1 atom stereocenters. The molecule has 0 aromatic heterocycles. The fraction of sp³-hybridized carbons (Fsp3) is 0.368. The van der Waals surface area contributed by atoms with Crippen LogP contribution < -0.4 is 10.5 Å². The second-order valence-corrected chi connectivity index (χ2v) is 5.74. The third-order valence-electron chi connectivity index (χ3n) is 4.22. The Kier molecular flexibility index (Phi) is 5.64. The topological polar surface area (TPSA) is 47.7 Å². The maximum Gasteiger partial charge on any atom is 0.119 e. The number of morpholine rings is 1. The highest BCUT2D eigenvalue weighted by atomic mass is 16.5. The van der Waals surface area contributed by atoms with E-state index in [9.17, 15) is 0 Å². The van der Waals surface area contributed by atoms with Gasteiger partial charge < -0.3 is 15.2 Å². The predicted molar refractivity (Wildman–Crippen MR) is 91.4 cm³/mol. The van der Waals surface area contributed by atoms with E-state index < -0.39 is 0 Å². The summed E-state index contributed by atoms with van der Waals surface area (Å²) in [7, 11) is 0. The van der Waals surface area contributed by atoms with Crippen LogP contribution in [0.25, 0.3) is 0 Å². The lowest BCUT2D eigenvalue weighted by Crippen LogP contribution is -2.41. The van der Waals surface area contributed by atoms with Crippen molar-refractivity contribution in [3.05, 3.63) is 65.7 Å². The zero-order valence-electron chi connectivity index (χ0n) is 13.4. The van der Waals surface area contributed by atoms with E-state index in [1.54, 1.807) is 0 Å². The van der Waals surface area contributed by atoms with Gasteiger partial charge in [-0.05, 0) is 23.3 Å². The summed E-state index contributed by atoms with van der Waals surface area (Å²) in [5.74, 6) is 0.885. The molecule has 1 aliphatic heterocycles. The number of hydrogen-bond donors (Lipinski definition) is 1. The summed E-state index contributed by atoms with van der Waals surface area (Å²) in [6.45, 7) is 4.65. The second kappa shape index (κ2) is 8.11. The van der Waals surface area contributed by atoms with Crippen LogP contribution in [0.1, 0.15) is 17.2 Å². The normalized spacial score (nSPS) is 16.9. The molecule has 1 aliphatic rings. The smallest absolute Gasteiger partial charge is 0.119 e. The lowest BCUT2D eigenvalue weighted by molar-refractivity contribution is 0.0179. The molecule has 3 rings (SSSR count). The number of ether oxygens (including phenoxy) is 2. The van der Waals surface area contributed by atoms with Crippen LogP contribution in [0.5, 0.6) is 5.75 Å². The first-order chi connectivity index (χ1) is 11.4. The predicted octanol–water partition coefficient (Wildman–Crippen LogP) is 2.60. The fourth-order valence-corrected chi connectivity index (χ4v) is 2.91. The van der Waals surface area contributed by atoms with Gasteiger partial charge in [0.15, 0.2) is 0 Å². The molecule has 23 heavy (non-hydrogen) atoms. The minimum Gasteiger partial charge on any atom is -0.489 e. The molecule has 4 heteroatoms. The van der Waals surface area contributed by atoms with E-state index in [2.05, 4.69) is 29.2 Å². The van der Waals surface area contributed by atoms with E-state index in [1.807, 2.05) is 30.3 Å². The number of hydrogen-bond acceptors (Lipinski definition) is 4. The lowest BCUT2D eigenvalue weighted by atomic mass is 10.0. The van der Waals surface area contributed by atoms with Gasteiger partial charge in [0.05, 0.1) is 13.2 Å². The van der Waals surface area contributed by atoms with E-state index in [4.69, 9.17) is 15.2 Å². The lowest BCUT2D eigenvalue weighted by Gasteiger charge is -2.34. The van der Waals surface area contributed by atoms with Gasteiger partial charge in [-0.3, -0.25) is 4.90 Å². The molecule has 1 fully saturated rings. The zero-order chi connectivity index (χ0) is 15.9. The van der Waals surface area contributed by atoms with Crippen molar-refractivity contribution in [2.75, 3.05) is 32.8 Å². The van der Waals surface area contributed by atoms with Gasteiger partial charge in [-0.2, -0.15) is 0 Å². The standard InChI is InChI=1S/C19H24N2O2/c20-14-19(21-10-12-22-13-11-21)17-6-8-18(9-7-17)23-15-16-4-2-1-3-5-16/h1-9,19H,10-15,20H2/t19-/m0/s1. The van der Waals surface area contributed by atoms with Crippen LogP contribution in [0, 0.1) is 0 Å². The summed E-state index contributed by atoms with van der Waals surface area (Å²) in [5, 5.41) is 0. The molecule has 122 valence electrons. The SMILES string of the molecule is NC[C@@H](c1ccc(OCc2ccccc2)cc1)N1CCOCC1. The van der Waals surface area contributed by atoms with Crippen LogP contribution in [-0.4, -0.2) is 37.7 Å². The molecular formula is C19H24N2O2. The Morgan fingerprint density at radius 3 is 2.35 bits per heavy atom. The highest BCUT2D eigenvalue weighted by molar-refractivity contribution is 5.30. The Labute approximate surface area is 137 Å². The van der Waals surface area contributed by atoms with Gasteiger partial charge in [-0.1, -0.05) is 42.5 Å². The first-order valence-corrected chi connectivity index (χ1v) is 8.15. The van der Waals surface area contributed by atoms with Crippen molar-refractivity contribution in [3.8, 4) is 5.75 Å². The van der Waals surface area contributed by atoms with Crippen molar-refractivity contribution in [2.45, 2.75) is 12.6 Å². The zero-order valence-corrected chi connectivity index (χ0v) is 13.4. The average Bonchev–Trinajstić information content (AvgIpc) is 2.63. The van der Waals surface area contributed by atoms with Gasteiger partial charge in [0, 0.05) is 25.7 Å². The average molecular weight is 312 g/mol. The summed E-state index contributed by atoms with van der Waals surface area (Å²) >= 11 is 0. The van der Waals surface area contributed by atoms with Gasteiger partial charge in [0.25, 0.3) is 0 Å². The van der Waals surface area contributed by atoms with Crippen LogP contribution in [0.4, 0.5) is 0 Å². The second-order valence-electron chi connectivity index (χ2n) is 5.74. The van der Waals surface area contributed by atoms with E-state index >= 15 is 0 Å². The third-order valence-corrected chi connectivity index (χ3v) is 4.22. The number of rotatable bonds is 6. The van der Waals surface area contributed by atoms with Crippen molar-refractivity contribution in [1.82, 2.24) is 4.90 Å². The molecule has 1 heterocycles. The Morgan fingerprint density at radius 1 is 1.00 bits per heavy atom. The van der Waals surface area contributed by atoms with Crippen LogP contribution in [0.3, 0.4) is 0 Å². The van der Waals surface area contributed by atoms with E-state index in [1.165, 1.54) is 11.1 Å². The number of nitrogens with two attached hydrogens (primary N) is 1. The summed E-state index contributed by atoms with van der Waals surface area (Å²) in [4.78, 5) is 2.39. The molecular weight excluding hydrogens is 288 g/mol. The van der Waals surface area contributed by atoms with Gasteiger partial charge in [0.1, 0.15) is 12.4 Å². The Hall–Kier alpha value is -1.88. The molecule has 0 bridgehead atoms. The van der Waals surface area contributed by atoms with Crippen LogP contribution in [0.15, 0.2) is 54.6 Å². The van der Waals surface area contributed by atoms with Crippen molar-refractivity contribution in [1.29, 1.82) is 0 Å². The third kappa shape index (κ3) is 4.32. The van der Waals surface area contributed by atoms with Gasteiger partial charge in [-0.25, -0.2) is 0 Å². The minimum absolute atomic E-state index is 0.252. The molecule has 1 saturated heterocycles. The quantitative estimate of drug-likeness (QED) is 0.891. The van der Waals surface area contributed by atoms with Gasteiger partial charge in [0.2, 0.25) is 0 Å². The molecule has 2 aromatic carbocycles. The van der Waals surface area contributed by atoms with E-state index in [-0.39, 0.29) is 6.04 Å². The maximum atomic E-state index is 5.99. The molecule has 0 saturated carbocycles. The van der Waals surface area contributed by atoms with E-state index in [0.29, 0.717) is 13.2 Å². The van der Waals surface area contributed by atoms with Crippen LogP contribution in [0.2, 0.25) is 0 Å². The van der Waals surface area contributed by atoms with Gasteiger partial charge >= 0.3 is 0 Å². The maximum absolute atomic E-state index is 5.99. The number of nitrogens with zero attached hydrogens (tertiary/aromatic N) is 1. The molecule has 2 N–H and O–H groups in total. The largest absolute Gasteiger partial charge is 0.489 e. The van der Waals surface area contributed by atoms with Gasteiger partial charge in [-0.15, -0.1) is 0 Å². The first kappa shape index (κ1) is 16.0. The summed E-state index contributed by atoms with van der Waals surface area (Å²) in [5.41, 5.74) is 8.40. The minimum atomic E-state index is 0.252. The molecule has 2 aromatic rings. The highest BCUT2D eigenvalue weighted by Gasteiger charge is 2.21. The Morgan fingerprint density at radius 2 is 1.70 bits per heavy atom. The Bertz CT molecular complexity index is 580. The summed E-state index contributed by atoms with van der Waals surface area (Å²) < 4.78 is 11.3. The Balaban J connectivity index is 1.61. The van der Waals surface area contributed by atoms with Crippen molar-refractivity contribution in [2.24, 2.45) is 5.73 Å². The van der Waals surface area contributed by atoms with Crippen LogP contribution in [-0.2, 0) is 11.3 Å². The van der Waals surface area contributed by atoms with Crippen molar-refractivity contribution < 1.29 is 9.47 Å². The summed E-state index contributed by atoms with van der Waals surface area (Å²) in [6, 6.07) is 18.7. The molecule has 0 aliphatic carbocycles.